The monoisotopic (exact) mass is 430 g/mol. The Hall–Kier alpha value is -2.59. The summed E-state index contributed by atoms with van der Waals surface area (Å²) in [7, 11) is 0. The lowest BCUT2D eigenvalue weighted by Gasteiger charge is -2.27. The quantitative estimate of drug-likeness (QED) is 0.484. The maximum atomic E-state index is 5.92. The van der Waals surface area contributed by atoms with Crippen LogP contribution in [0.3, 0.4) is 0 Å². The number of thioether (sulfide) groups is 1. The molecule has 0 aliphatic carbocycles. The van der Waals surface area contributed by atoms with Crippen molar-refractivity contribution >= 4 is 40.8 Å². The van der Waals surface area contributed by atoms with Gasteiger partial charge in [-0.3, -0.25) is 4.99 Å². The fourth-order valence-electron chi connectivity index (χ4n) is 3.17. The number of nitrogens with zero attached hydrogens (tertiary/aromatic N) is 6. The van der Waals surface area contributed by atoms with E-state index >= 15 is 0 Å². The van der Waals surface area contributed by atoms with Crippen molar-refractivity contribution in [3.8, 4) is 0 Å². The van der Waals surface area contributed by atoms with Gasteiger partial charge in [0.05, 0.1) is 13.2 Å². The van der Waals surface area contributed by atoms with Crippen LogP contribution in [0.25, 0.3) is 16.9 Å². The molecule has 1 aliphatic heterocycles. The Morgan fingerprint density at radius 2 is 2.03 bits per heavy atom. The molecule has 2 aromatic heterocycles. The zero-order valence-corrected chi connectivity index (χ0v) is 18.7. The van der Waals surface area contributed by atoms with Gasteiger partial charge in [-0.2, -0.15) is 4.98 Å². The molecule has 4 N–H and O–H groups in total. The lowest BCUT2D eigenvalue weighted by atomic mass is 10.2. The highest BCUT2D eigenvalue weighted by atomic mass is 32.2. The Labute approximate surface area is 181 Å². The van der Waals surface area contributed by atoms with Gasteiger partial charge in [-0.25, -0.2) is 9.97 Å². The van der Waals surface area contributed by atoms with E-state index in [1.165, 1.54) is 12.4 Å². The van der Waals surface area contributed by atoms with Crippen LogP contribution in [0.4, 0.5) is 5.95 Å². The van der Waals surface area contributed by atoms with Gasteiger partial charge in [-0.05, 0) is 19.1 Å². The summed E-state index contributed by atoms with van der Waals surface area (Å²) in [6.45, 7) is 12.8. The molecule has 0 radical (unpaired) electrons. The van der Waals surface area contributed by atoms with Crippen molar-refractivity contribution in [2.45, 2.75) is 38.4 Å². The van der Waals surface area contributed by atoms with Crippen molar-refractivity contribution in [3.05, 3.63) is 24.2 Å². The SMILES string of the molecule is C=C(N)/C=N\C(=C/N)c1nc(N2CCOCC2)nc2c1nc(SCC)n2C(C)CC. The molecule has 0 amide bonds. The lowest BCUT2D eigenvalue weighted by Crippen LogP contribution is -2.37. The van der Waals surface area contributed by atoms with Crippen LogP contribution in [-0.4, -0.2) is 57.8 Å². The minimum absolute atomic E-state index is 0.238. The smallest absolute Gasteiger partial charge is 0.228 e. The van der Waals surface area contributed by atoms with E-state index in [2.05, 4.69) is 41.8 Å². The summed E-state index contributed by atoms with van der Waals surface area (Å²) in [6.07, 6.45) is 3.84. The van der Waals surface area contributed by atoms with Crippen LogP contribution in [0, 0.1) is 0 Å². The highest BCUT2D eigenvalue weighted by Gasteiger charge is 2.24. The topological polar surface area (TPSA) is 120 Å². The zero-order chi connectivity index (χ0) is 21.7. The molecular weight excluding hydrogens is 400 g/mol. The van der Waals surface area contributed by atoms with E-state index < -0.39 is 0 Å². The van der Waals surface area contributed by atoms with E-state index in [1.807, 2.05) is 0 Å². The maximum absolute atomic E-state index is 5.92. The average Bonchev–Trinajstić information content (AvgIpc) is 3.12. The summed E-state index contributed by atoms with van der Waals surface area (Å²) in [5.74, 6) is 1.53. The first-order chi connectivity index (χ1) is 14.5. The maximum Gasteiger partial charge on any atom is 0.228 e. The molecule has 2 aromatic rings. The Kier molecular flexibility index (Phi) is 7.33. The number of anilines is 1. The van der Waals surface area contributed by atoms with Crippen molar-refractivity contribution < 1.29 is 4.74 Å². The molecule has 0 spiro atoms. The molecular formula is C20H30N8OS. The minimum Gasteiger partial charge on any atom is -0.403 e. The summed E-state index contributed by atoms with van der Waals surface area (Å²) < 4.78 is 7.68. The zero-order valence-electron chi connectivity index (χ0n) is 17.8. The number of hydrogen-bond acceptors (Lipinski definition) is 9. The second kappa shape index (κ2) is 9.94. The summed E-state index contributed by atoms with van der Waals surface area (Å²) in [5.41, 5.74) is 14.4. The molecule has 0 saturated carbocycles. The summed E-state index contributed by atoms with van der Waals surface area (Å²) in [5, 5.41) is 0.917. The average molecular weight is 431 g/mol. The van der Waals surface area contributed by atoms with Gasteiger partial charge in [0.1, 0.15) is 16.9 Å². The summed E-state index contributed by atoms with van der Waals surface area (Å²) >= 11 is 1.69. The van der Waals surface area contributed by atoms with E-state index in [0.717, 1.165) is 36.1 Å². The van der Waals surface area contributed by atoms with Crippen LogP contribution in [-0.2, 0) is 4.74 Å². The van der Waals surface area contributed by atoms with Crippen molar-refractivity contribution in [3.63, 3.8) is 0 Å². The molecule has 0 aromatic carbocycles. The summed E-state index contributed by atoms with van der Waals surface area (Å²) in [6, 6.07) is 0.238. The molecule has 3 rings (SSSR count). The molecule has 1 aliphatic rings. The number of nitrogens with two attached hydrogens (primary N) is 2. The normalized spacial score (nSPS) is 16.5. The first-order valence-corrected chi connectivity index (χ1v) is 11.1. The van der Waals surface area contributed by atoms with Crippen LogP contribution >= 0.6 is 11.8 Å². The second-order valence-electron chi connectivity index (χ2n) is 6.98. The van der Waals surface area contributed by atoms with Crippen LogP contribution < -0.4 is 16.4 Å². The molecule has 30 heavy (non-hydrogen) atoms. The lowest BCUT2D eigenvalue weighted by molar-refractivity contribution is 0.122. The fraction of sp³-hybridized carbons (Fsp3) is 0.500. The molecule has 1 unspecified atom stereocenters. The van der Waals surface area contributed by atoms with Gasteiger partial charge < -0.3 is 25.7 Å². The van der Waals surface area contributed by atoms with E-state index in [-0.39, 0.29) is 6.04 Å². The first kappa shape index (κ1) is 22.1. The van der Waals surface area contributed by atoms with Gasteiger partial charge in [-0.1, -0.05) is 32.2 Å². The van der Waals surface area contributed by atoms with E-state index in [4.69, 9.17) is 31.2 Å². The Bertz CT molecular complexity index is 961. The van der Waals surface area contributed by atoms with Crippen LogP contribution in [0.5, 0.6) is 0 Å². The van der Waals surface area contributed by atoms with Crippen LogP contribution in [0.15, 0.2) is 28.6 Å². The van der Waals surface area contributed by atoms with Gasteiger partial charge in [0.2, 0.25) is 5.95 Å². The summed E-state index contributed by atoms with van der Waals surface area (Å²) in [4.78, 5) is 21.1. The Morgan fingerprint density at radius 3 is 2.63 bits per heavy atom. The van der Waals surface area contributed by atoms with Gasteiger partial charge in [-0.15, -0.1) is 0 Å². The van der Waals surface area contributed by atoms with Crippen molar-refractivity contribution in [1.82, 2.24) is 19.5 Å². The molecule has 10 heteroatoms. The number of allylic oxidation sites excluding steroid dienone is 1. The number of hydrogen-bond donors (Lipinski definition) is 2. The predicted octanol–water partition coefficient (Wildman–Crippen LogP) is 2.55. The number of fused-ring (bicyclic) bond motifs is 1. The van der Waals surface area contributed by atoms with Gasteiger partial charge >= 0.3 is 0 Å². The standard InChI is InChI=1S/C20H30N8OS/c1-5-14(4)28-18-17(25-20(28)30-6-2)16(15(11-21)23-12-13(3)22)24-19(26-18)27-7-9-29-10-8-27/h11-12,14H,3,5-10,21-22H2,1-2,4H3/b15-11-,23-12-. The van der Waals surface area contributed by atoms with Crippen molar-refractivity contribution in [2.75, 3.05) is 37.0 Å². The molecule has 0 bridgehead atoms. The van der Waals surface area contributed by atoms with Gasteiger partial charge in [0.25, 0.3) is 0 Å². The van der Waals surface area contributed by atoms with Crippen LogP contribution in [0.1, 0.15) is 38.9 Å². The Morgan fingerprint density at radius 1 is 1.30 bits per heavy atom. The largest absolute Gasteiger partial charge is 0.403 e. The number of imidazole rings is 1. The fourth-order valence-corrected chi connectivity index (χ4v) is 3.99. The first-order valence-electron chi connectivity index (χ1n) is 10.2. The van der Waals surface area contributed by atoms with Crippen LogP contribution in [0.2, 0.25) is 0 Å². The highest BCUT2D eigenvalue weighted by molar-refractivity contribution is 7.99. The van der Waals surface area contributed by atoms with Crippen molar-refractivity contribution in [1.29, 1.82) is 0 Å². The Balaban J connectivity index is 2.27. The molecule has 162 valence electrons. The number of ether oxygens (including phenoxy) is 1. The number of morpholine rings is 1. The predicted molar refractivity (Wildman–Crippen MR) is 124 cm³/mol. The third-order valence-electron chi connectivity index (χ3n) is 4.86. The van der Waals surface area contributed by atoms with E-state index in [1.54, 1.807) is 11.8 Å². The second-order valence-corrected chi connectivity index (χ2v) is 8.21. The molecule has 3 heterocycles. The molecule has 9 nitrogen and oxygen atoms in total. The molecule has 1 saturated heterocycles. The minimum atomic E-state index is 0.238. The third kappa shape index (κ3) is 4.59. The number of aliphatic imine (C=N–C) groups is 1. The van der Waals surface area contributed by atoms with E-state index in [9.17, 15) is 0 Å². The van der Waals surface area contributed by atoms with Crippen molar-refractivity contribution in [2.24, 2.45) is 16.5 Å². The number of rotatable bonds is 8. The molecule has 1 atom stereocenters. The van der Waals surface area contributed by atoms with E-state index in [0.29, 0.717) is 41.8 Å². The third-order valence-corrected chi connectivity index (χ3v) is 5.70. The van der Waals surface area contributed by atoms with Gasteiger partial charge in [0.15, 0.2) is 10.8 Å². The molecule has 1 fully saturated rings. The highest BCUT2D eigenvalue weighted by Crippen LogP contribution is 2.33. The van der Waals surface area contributed by atoms with Gasteiger partial charge in [0, 0.05) is 37.2 Å². The number of aromatic nitrogens is 4.